The molecule has 1 aliphatic heterocycles. The number of nitrogens with zero attached hydrogens (tertiary/aromatic N) is 4. The number of ether oxygens (including phenoxy) is 1. The SMILES string of the molecule is CCNC(=NCC(C)N(C)C1CC1)N1CCN(S(=O)(=O)CCOC(C)C)CC1.I. The number of rotatable bonds is 10. The van der Waals surface area contributed by atoms with Gasteiger partial charge in [-0.15, -0.1) is 24.0 Å². The third-order valence-corrected chi connectivity index (χ3v) is 7.22. The molecule has 2 aliphatic rings. The number of sulfonamides is 1. The molecule has 1 aliphatic carbocycles. The number of piperazine rings is 1. The van der Waals surface area contributed by atoms with E-state index in [0.29, 0.717) is 32.2 Å². The molecule has 1 saturated carbocycles. The number of aliphatic imine (C=N–C) groups is 1. The fourth-order valence-corrected chi connectivity index (χ4v) is 4.60. The van der Waals surface area contributed by atoms with Gasteiger partial charge in [0, 0.05) is 44.8 Å². The highest BCUT2D eigenvalue weighted by Crippen LogP contribution is 2.26. The van der Waals surface area contributed by atoms with Crippen LogP contribution in [-0.2, 0) is 14.8 Å². The van der Waals surface area contributed by atoms with Crippen LogP contribution < -0.4 is 5.32 Å². The van der Waals surface area contributed by atoms with E-state index in [-0.39, 0.29) is 42.4 Å². The highest BCUT2D eigenvalue weighted by molar-refractivity contribution is 14.0. The fourth-order valence-electron chi connectivity index (χ4n) is 3.31. The van der Waals surface area contributed by atoms with Crippen LogP contribution in [0, 0.1) is 0 Å². The van der Waals surface area contributed by atoms with Gasteiger partial charge in [-0.25, -0.2) is 8.42 Å². The quantitative estimate of drug-likeness (QED) is 0.254. The van der Waals surface area contributed by atoms with E-state index in [1.54, 1.807) is 4.31 Å². The molecular formula is C19H40IN5O3S. The molecule has 1 N–H and O–H groups in total. The third-order valence-electron chi connectivity index (χ3n) is 5.38. The first kappa shape index (κ1) is 26.9. The summed E-state index contributed by atoms with van der Waals surface area (Å²) in [6, 6.07) is 1.13. The second-order valence-electron chi connectivity index (χ2n) is 8.06. The van der Waals surface area contributed by atoms with Gasteiger partial charge in [0.05, 0.1) is 25.0 Å². The maximum atomic E-state index is 12.5. The van der Waals surface area contributed by atoms with Crippen molar-refractivity contribution in [3.05, 3.63) is 0 Å². The molecule has 2 rings (SSSR count). The molecule has 172 valence electrons. The Morgan fingerprint density at radius 2 is 1.83 bits per heavy atom. The molecule has 0 amide bonds. The van der Waals surface area contributed by atoms with Gasteiger partial charge in [0.1, 0.15) is 0 Å². The third kappa shape index (κ3) is 8.84. The molecule has 0 bridgehead atoms. The second kappa shape index (κ2) is 12.6. The number of halogens is 1. The van der Waals surface area contributed by atoms with E-state index in [0.717, 1.165) is 25.1 Å². The zero-order valence-corrected chi connectivity index (χ0v) is 21.8. The van der Waals surface area contributed by atoms with Crippen molar-refractivity contribution in [2.45, 2.75) is 58.7 Å². The first-order chi connectivity index (χ1) is 13.2. The minimum absolute atomic E-state index is 0. The Balaban J connectivity index is 0.00000420. The van der Waals surface area contributed by atoms with E-state index in [4.69, 9.17) is 9.73 Å². The van der Waals surface area contributed by atoms with Crippen LogP contribution in [0.3, 0.4) is 0 Å². The molecule has 8 nitrogen and oxygen atoms in total. The summed E-state index contributed by atoms with van der Waals surface area (Å²) in [6.45, 7) is 12.2. The van der Waals surface area contributed by atoms with Gasteiger partial charge in [-0.1, -0.05) is 0 Å². The van der Waals surface area contributed by atoms with Crippen LogP contribution >= 0.6 is 24.0 Å². The van der Waals surface area contributed by atoms with Crippen LogP contribution in [0.5, 0.6) is 0 Å². The number of hydrogen-bond donors (Lipinski definition) is 1. The highest BCUT2D eigenvalue weighted by Gasteiger charge is 2.30. The Hall–Kier alpha value is -0.170. The predicted octanol–water partition coefficient (Wildman–Crippen LogP) is 1.43. The lowest BCUT2D eigenvalue weighted by Gasteiger charge is -2.36. The van der Waals surface area contributed by atoms with Gasteiger partial charge in [0.15, 0.2) is 5.96 Å². The minimum atomic E-state index is -3.27. The van der Waals surface area contributed by atoms with Crippen molar-refractivity contribution < 1.29 is 13.2 Å². The number of likely N-dealkylation sites (N-methyl/N-ethyl adjacent to an activating group) is 1. The van der Waals surface area contributed by atoms with Gasteiger partial charge >= 0.3 is 0 Å². The van der Waals surface area contributed by atoms with Crippen molar-refractivity contribution in [3.63, 3.8) is 0 Å². The van der Waals surface area contributed by atoms with E-state index in [9.17, 15) is 8.42 Å². The van der Waals surface area contributed by atoms with Gasteiger partial charge in [0.2, 0.25) is 10.0 Å². The van der Waals surface area contributed by atoms with Gasteiger partial charge in [-0.05, 0) is 47.6 Å². The van der Waals surface area contributed by atoms with Gasteiger partial charge < -0.3 is 15.0 Å². The van der Waals surface area contributed by atoms with Crippen molar-refractivity contribution in [1.82, 2.24) is 19.4 Å². The first-order valence-electron chi connectivity index (χ1n) is 10.6. The van der Waals surface area contributed by atoms with Crippen LogP contribution in [0.1, 0.15) is 40.5 Å². The van der Waals surface area contributed by atoms with Crippen LogP contribution in [0.25, 0.3) is 0 Å². The van der Waals surface area contributed by atoms with Crippen molar-refractivity contribution in [3.8, 4) is 0 Å². The Morgan fingerprint density at radius 1 is 1.21 bits per heavy atom. The smallest absolute Gasteiger partial charge is 0.216 e. The average Bonchev–Trinajstić information content (AvgIpc) is 3.49. The molecule has 1 saturated heterocycles. The lowest BCUT2D eigenvalue weighted by Crippen LogP contribution is -2.54. The number of hydrogen-bond acceptors (Lipinski definition) is 5. The van der Waals surface area contributed by atoms with Crippen LogP contribution in [0.4, 0.5) is 0 Å². The lowest BCUT2D eigenvalue weighted by atomic mass is 10.3. The van der Waals surface area contributed by atoms with Gasteiger partial charge in [0.25, 0.3) is 0 Å². The number of nitrogens with one attached hydrogen (secondary N) is 1. The monoisotopic (exact) mass is 545 g/mol. The van der Waals surface area contributed by atoms with E-state index < -0.39 is 10.0 Å². The Bertz CT molecular complexity index is 605. The summed E-state index contributed by atoms with van der Waals surface area (Å²) in [4.78, 5) is 9.41. The molecule has 0 aromatic rings. The Kier molecular flexibility index (Phi) is 11.7. The largest absolute Gasteiger partial charge is 0.378 e. The van der Waals surface area contributed by atoms with Crippen molar-refractivity contribution in [2.75, 3.05) is 58.7 Å². The molecule has 1 unspecified atom stereocenters. The van der Waals surface area contributed by atoms with Crippen molar-refractivity contribution in [2.24, 2.45) is 4.99 Å². The zero-order chi connectivity index (χ0) is 20.7. The molecular weight excluding hydrogens is 505 g/mol. The molecule has 1 atom stereocenters. The molecule has 0 radical (unpaired) electrons. The summed E-state index contributed by atoms with van der Waals surface area (Å²) < 4.78 is 32.0. The van der Waals surface area contributed by atoms with E-state index >= 15 is 0 Å². The summed E-state index contributed by atoms with van der Waals surface area (Å²) in [5.74, 6) is 0.934. The number of guanidine groups is 1. The predicted molar refractivity (Wildman–Crippen MR) is 130 cm³/mol. The van der Waals surface area contributed by atoms with Crippen LogP contribution in [-0.4, -0.2) is 105 Å². The summed E-state index contributed by atoms with van der Waals surface area (Å²) in [5, 5.41) is 3.36. The summed E-state index contributed by atoms with van der Waals surface area (Å²) in [7, 11) is -1.09. The molecule has 2 fully saturated rings. The van der Waals surface area contributed by atoms with Crippen LogP contribution in [0.15, 0.2) is 4.99 Å². The summed E-state index contributed by atoms with van der Waals surface area (Å²) in [6.07, 6.45) is 2.64. The molecule has 10 heteroatoms. The Labute approximate surface area is 194 Å². The summed E-state index contributed by atoms with van der Waals surface area (Å²) in [5.41, 5.74) is 0. The van der Waals surface area contributed by atoms with E-state index in [1.807, 2.05) is 13.8 Å². The maximum absolute atomic E-state index is 12.5. The fraction of sp³-hybridized carbons (Fsp3) is 0.947. The molecule has 0 spiro atoms. The highest BCUT2D eigenvalue weighted by atomic mass is 127. The molecule has 29 heavy (non-hydrogen) atoms. The van der Waals surface area contributed by atoms with Gasteiger partial charge in [-0.2, -0.15) is 4.31 Å². The average molecular weight is 546 g/mol. The topological polar surface area (TPSA) is 77.5 Å². The van der Waals surface area contributed by atoms with Gasteiger partial charge in [-0.3, -0.25) is 9.89 Å². The standard InChI is InChI=1S/C19H39N5O3S.HI/c1-6-20-19(21-15-17(4)22(5)18-7-8-18)23-9-11-24(12-10-23)28(25,26)14-13-27-16(2)3;/h16-18H,6-15H2,1-5H3,(H,20,21);1H. The van der Waals surface area contributed by atoms with Crippen molar-refractivity contribution >= 4 is 40.0 Å². The lowest BCUT2D eigenvalue weighted by molar-refractivity contribution is 0.0904. The van der Waals surface area contributed by atoms with E-state index in [1.165, 1.54) is 12.8 Å². The van der Waals surface area contributed by atoms with Crippen molar-refractivity contribution in [1.29, 1.82) is 0 Å². The van der Waals surface area contributed by atoms with E-state index in [2.05, 4.69) is 36.0 Å². The Morgan fingerprint density at radius 3 is 2.34 bits per heavy atom. The zero-order valence-electron chi connectivity index (χ0n) is 18.6. The maximum Gasteiger partial charge on any atom is 0.216 e. The molecule has 0 aromatic heterocycles. The van der Waals surface area contributed by atoms with Crippen LogP contribution in [0.2, 0.25) is 0 Å². The molecule has 0 aromatic carbocycles. The first-order valence-corrected chi connectivity index (χ1v) is 12.2. The molecule has 1 heterocycles. The minimum Gasteiger partial charge on any atom is -0.378 e. The second-order valence-corrected chi connectivity index (χ2v) is 10.2. The summed E-state index contributed by atoms with van der Waals surface area (Å²) >= 11 is 0. The normalized spacial score (nSPS) is 20.1.